The molecule has 2 aromatic carbocycles. The van der Waals surface area contributed by atoms with E-state index in [9.17, 15) is 19.7 Å². The zero-order valence-corrected chi connectivity index (χ0v) is 16.4. The van der Waals surface area contributed by atoms with Crippen molar-refractivity contribution in [1.82, 2.24) is 14.9 Å². The Labute approximate surface area is 172 Å². The summed E-state index contributed by atoms with van der Waals surface area (Å²) >= 11 is 0. The fourth-order valence-corrected chi connectivity index (χ4v) is 2.99. The number of hydrogen-bond donors (Lipinski definition) is 1. The van der Waals surface area contributed by atoms with Gasteiger partial charge in [0, 0.05) is 37.1 Å². The average Bonchev–Trinajstić information content (AvgIpc) is 3.17. The van der Waals surface area contributed by atoms with Gasteiger partial charge in [-0.2, -0.15) is 0 Å². The molecule has 0 fully saturated rings. The third kappa shape index (κ3) is 4.52. The third-order valence-corrected chi connectivity index (χ3v) is 4.43. The predicted molar refractivity (Wildman–Crippen MR) is 108 cm³/mol. The van der Waals surface area contributed by atoms with Gasteiger partial charge in [0.25, 0.3) is 11.6 Å². The minimum Gasteiger partial charge on any atom is -0.462 e. The number of non-ortho nitro benzene ring substituents is 1. The summed E-state index contributed by atoms with van der Waals surface area (Å²) in [5.41, 5.74) is 0.321. The molecule has 1 heterocycles. The van der Waals surface area contributed by atoms with Gasteiger partial charge in [0.05, 0.1) is 17.1 Å². The van der Waals surface area contributed by atoms with E-state index < -0.39 is 22.8 Å². The van der Waals surface area contributed by atoms with E-state index in [2.05, 4.69) is 10.3 Å². The number of nitro benzene ring substituents is 1. The number of nitrogens with zero attached hydrogens (tertiary/aromatic N) is 3. The largest absolute Gasteiger partial charge is 0.462 e. The summed E-state index contributed by atoms with van der Waals surface area (Å²) < 4.78 is 6.69. The summed E-state index contributed by atoms with van der Waals surface area (Å²) in [6.45, 7) is 1.73. The van der Waals surface area contributed by atoms with Crippen LogP contribution in [-0.4, -0.2) is 33.0 Å². The van der Waals surface area contributed by atoms with E-state index in [-0.39, 0.29) is 23.4 Å². The summed E-state index contributed by atoms with van der Waals surface area (Å²) in [6.07, 6.45) is 3.37. The molecule has 1 unspecified atom stereocenters. The molecule has 0 radical (unpaired) electrons. The topological polar surface area (TPSA) is 116 Å². The Morgan fingerprint density at radius 2 is 1.90 bits per heavy atom. The first-order valence-corrected chi connectivity index (χ1v) is 9.20. The molecular weight excluding hydrogens is 388 g/mol. The summed E-state index contributed by atoms with van der Waals surface area (Å²) in [6, 6.07) is 12.1. The first-order chi connectivity index (χ1) is 14.4. The van der Waals surface area contributed by atoms with Crippen molar-refractivity contribution in [2.24, 2.45) is 7.05 Å². The van der Waals surface area contributed by atoms with E-state index in [0.29, 0.717) is 5.82 Å². The molecule has 0 bridgehead atoms. The quantitative estimate of drug-likeness (QED) is 0.365. The van der Waals surface area contributed by atoms with Crippen molar-refractivity contribution in [3.8, 4) is 0 Å². The van der Waals surface area contributed by atoms with Crippen molar-refractivity contribution in [2.45, 2.75) is 13.0 Å². The maximum Gasteiger partial charge on any atom is 0.338 e. The number of esters is 1. The van der Waals surface area contributed by atoms with Crippen molar-refractivity contribution < 1.29 is 19.2 Å². The predicted octanol–water partition coefficient (Wildman–Crippen LogP) is 3.02. The van der Waals surface area contributed by atoms with Crippen molar-refractivity contribution in [1.29, 1.82) is 0 Å². The van der Waals surface area contributed by atoms with Crippen LogP contribution in [0.15, 0.2) is 60.9 Å². The van der Waals surface area contributed by atoms with Gasteiger partial charge in [0.15, 0.2) is 0 Å². The minimum absolute atomic E-state index is 0.0256. The van der Waals surface area contributed by atoms with Gasteiger partial charge in [-0.1, -0.05) is 30.3 Å². The zero-order chi connectivity index (χ0) is 21.7. The van der Waals surface area contributed by atoms with Crippen LogP contribution in [0.1, 0.15) is 45.1 Å². The molecule has 0 saturated heterocycles. The lowest BCUT2D eigenvalue weighted by atomic mass is 10.0. The SMILES string of the molecule is CCOC(=O)c1cc(C(=O)NC(c2ccccc2)c2nccn2C)cc([N+](=O)[O-])c1. The molecule has 9 heteroatoms. The maximum absolute atomic E-state index is 13.0. The number of carbonyl (C=O) groups is 2. The van der Waals surface area contributed by atoms with Gasteiger partial charge in [0.2, 0.25) is 0 Å². The highest BCUT2D eigenvalue weighted by molar-refractivity contribution is 5.99. The smallest absolute Gasteiger partial charge is 0.338 e. The molecular formula is C21H20N4O5. The van der Waals surface area contributed by atoms with Crippen LogP contribution in [0.4, 0.5) is 5.69 Å². The molecule has 3 rings (SSSR count). The molecule has 1 N–H and O–H groups in total. The van der Waals surface area contributed by atoms with Crippen LogP contribution < -0.4 is 5.32 Å². The Hall–Kier alpha value is -4.01. The number of nitrogens with one attached hydrogen (secondary N) is 1. The molecule has 3 aromatic rings. The number of nitro groups is 1. The highest BCUT2D eigenvalue weighted by Gasteiger charge is 2.24. The zero-order valence-electron chi connectivity index (χ0n) is 16.4. The number of hydrogen-bond acceptors (Lipinski definition) is 6. The molecule has 0 aliphatic heterocycles. The number of aromatic nitrogens is 2. The van der Waals surface area contributed by atoms with Crippen LogP contribution in [0.25, 0.3) is 0 Å². The Morgan fingerprint density at radius 1 is 1.20 bits per heavy atom. The highest BCUT2D eigenvalue weighted by atomic mass is 16.6. The number of carbonyl (C=O) groups excluding carboxylic acids is 2. The third-order valence-electron chi connectivity index (χ3n) is 4.43. The number of benzene rings is 2. The highest BCUT2D eigenvalue weighted by Crippen LogP contribution is 2.23. The first-order valence-electron chi connectivity index (χ1n) is 9.20. The molecule has 1 amide bonds. The number of ether oxygens (including phenoxy) is 1. The van der Waals surface area contributed by atoms with Gasteiger partial charge < -0.3 is 14.6 Å². The van der Waals surface area contributed by atoms with Gasteiger partial charge in [-0.25, -0.2) is 9.78 Å². The van der Waals surface area contributed by atoms with Gasteiger partial charge in [0.1, 0.15) is 11.9 Å². The summed E-state index contributed by atoms with van der Waals surface area (Å²) in [5.74, 6) is -0.731. The molecule has 154 valence electrons. The normalized spacial score (nSPS) is 11.5. The van der Waals surface area contributed by atoms with Crippen molar-refractivity contribution in [3.05, 3.63) is 93.6 Å². The second-order valence-corrected chi connectivity index (χ2v) is 6.46. The van der Waals surface area contributed by atoms with Gasteiger partial charge >= 0.3 is 5.97 Å². The van der Waals surface area contributed by atoms with Crippen LogP contribution in [0, 0.1) is 10.1 Å². The van der Waals surface area contributed by atoms with Crippen molar-refractivity contribution in [2.75, 3.05) is 6.61 Å². The Bertz CT molecular complexity index is 1080. The van der Waals surface area contributed by atoms with E-state index in [4.69, 9.17) is 4.74 Å². The summed E-state index contributed by atoms with van der Waals surface area (Å²) in [7, 11) is 1.80. The average molecular weight is 408 g/mol. The maximum atomic E-state index is 13.0. The van der Waals surface area contributed by atoms with Crippen LogP contribution >= 0.6 is 0 Å². The minimum atomic E-state index is -0.737. The molecule has 0 aliphatic carbocycles. The van der Waals surface area contributed by atoms with Crippen LogP contribution in [0.3, 0.4) is 0 Å². The van der Waals surface area contributed by atoms with E-state index in [1.165, 1.54) is 6.07 Å². The molecule has 30 heavy (non-hydrogen) atoms. The fourth-order valence-electron chi connectivity index (χ4n) is 2.99. The van der Waals surface area contributed by atoms with E-state index in [1.807, 2.05) is 30.3 Å². The lowest BCUT2D eigenvalue weighted by molar-refractivity contribution is -0.384. The van der Waals surface area contributed by atoms with Crippen LogP contribution in [-0.2, 0) is 11.8 Å². The standard InChI is InChI=1S/C21H20N4O5/c1-3-30-21(27)16-11-15(12-17(13-16)25(28)29)20(26)23-18(14-7-5-4-6-8-14)19-22-9-10-24(19)2/h4-13,18H,3H2,1-2H3,(H,23,26). The first kappa shape index (κ1) is 20.7. The number of rotatable bonds is 7. The fraction of sp³-hybridized carbons (Fsp3) is 0.190. The van der Waals surface area contributed by atoms with Gasteiger partial charge in [-0.05, 0) is 18.6 Å². The monoisotopic (exact) mass is 408 g/mol. The summed E-state index contributed by atoms with van der Waals surface area (Å²) in [5, 5.41) is 14.2. The Morgan fingerprint density at radius 3 is 2.50 bits per heavy atom. The van der Waals surface area contributed by atoms with Crippen molar-refractivity contribution >= 4 is 17.6 Å². The number of imidazole rings is 1. The van der Waals surface area contributed by atoms with Gasteiger partial charge in [-0.3, -0.25) is 14.9 Å². The van der Waals surface area contributed by atoms with Gasteiger partial charge in [-0.15, -0.1) is 0 Å². The lowest BCUT2D eigenvalue weighted by Gasteiger charge is -2.19. The van der Waals surface area contributed by atoms with E-state index in [1.54, 1.807) is 30.9 Å². The summed E-state index contributed by atoms with van der Waals surface area (Å²) in [4.78, 5) is 40.1. The second kappa shape index (κ2) is 8.99. The molecule has 0 spiro atoms. The van der Waals surface area contributed by atoms with Crippen molar-refractivity contribution in [3.63, 3.8) is 0 Å². The lowest BCUT2D eigenvalue weighted by Crippen LogP contribution is -2.31. The van der Waals surface area contributed by atoms with E-state index in [0.717, 1.165) is 17.7 Å². The van der Waals surface area contributed by atoms with E-state index >= 15 is 0 Å². The Balaban J connectivity index is 1.99. The molecule has 0 aliphatic rings. The molecule has 1 atom stereocenters. The second-order valence-electron chi connectivity index (χ2n) is 6.46. The number of amides is 1. The van der Waals surface area contributed by atoms with Crippen LogP contribution in [0.2, 0.25) is 0 Å². The Kier molecular flexibility index (Phi) is 6.21. The number of aryl methyl sites for hydroxylation is 1. The van der Waals surface area contributed by atoms with Crippen LogP contribution in [0.5, 0.6) is 0 Å². The molecule has 1 aromatic heterocycles. The molecule has 9 nitrogen and oxygen atoms in total. The molecule has 0 saturated carbocycles.